The van der Waals surface area contributed by atoms with Gasteiger partial charge in [0.25, 0.3) is 0 Å². The van der Waals surface area contributed by atoms with Gasteiger partial charge in [0.2, 0.25) is 0 Å². The van der Waals surface area contributed by atoms with Crippen molar-refractivity contribution in [3.8, 4) is 28.8 Å². The predicted octanol–water partition coefficient (Wildman–Crippen LogP) is 4.20. The molecule has 0 aliphatic carbocycles. The average Bonchev–Trinajstić information content (AvgIpc) is 3.06. The van der Waals surface area contributed by atoms with E-state index in [4.69, 9.17) is 15.8 Å². The van der Waals surface area contributed by atoms with E-state index in [-0.39, 0.29) is 11.3 Å². The monoisotopic (exact) mass is 327 g/mol. The van der Waals surface area contributed by atoms with Gasteiger partial charge >= 0.3 is 0 Å². The van der Waals surface area contributed by atoms with Gasteiger partial charge in [0.15, 0.2) is 5.57 Å². The molecule has 0 amide bonds. The van der Waals surface area contributed by atoms with Crippen molar-refractivity contribution in [1.29, 1.82) is 15.8 Å². The summed E-state index contributed by atoms with van der Waals surface area (Å²) in [4.78, 5) is 4.59. The van der Waals surface area contributed by atoms with Gasteiger partial charge in [-0.05, 0) is 36.4 Å². The van der Waals surface area contributed by atoms with Crippen LogP contribution in [0.4, 0.5) is 5.69 Å². The van der Waals surface area contributed by atoms with Crippen LogP contribution in [-0.4, -0.2) is 4.98 Å². The van der Waals surface area contributed by atoms with Gasteiger partial charge in [-0.25, -0.2) is 4.98 Å². The second kappa shape index (κ2) is 6.62. The normalized spacial score (nSPS) is 9.54. The molecule has 0 saturated heterocycles. The number of allylic oxidation sites excluding steroid dienone is 2. The van der Waals surface area contributed by atoms with Crippen molar-refractivity contribution in [3.63, 3.8) is 0 Å². The number of anilines is 1. The van der Waals surface area contributed by atoms with E-state index in [1.54, 1.807) is 35.6 Å². The molecule has 3 aromatic rings. The summed E-state index contributed by atoms with van der Waals surface area (Å²) in [7, 11) is 0. The zero-order valence-electron chi connectivity index (χ0n) is 12.3. The molecule has 3 rings (SSSR count). The Morgan fingerprint density at radius 3 is 2.25 bits per heavy atom. The number of thiazole rings is 1. The molecular formula is C18H9N5S. The van der Waals surface area contributed by atoms with Crippen LogP contribution in [0.1, 0.15) is 0 Å². The zero-order chi connectivity index (χ0) is 16.9. The van der Waals surface area contributed by atoms with Gasteiger partial charge in [0, 0.05) is 11.3 Å². The average molecular weight is 327 g/mol. The van der Waals surface area contributed by atoms with Gasteiger partial charge in [0.1, 0.15) is 28.9 Å². The summed E-state index contributed by atoms with van der Waals surface area (Å²) >= 11 is 1.61. The first-order valence-electron chi connectivity index (χ1n) is 6.92. The van der Waals surface area contributed by atoms with E-state index >= 15 is 0 Å². The quantitative estimate of drug-likeness (QED) is 0.727. The first-order valence-corrected chi connectivity index (χ1v) is 7.74. The van der Waals surface area contributed by atoms with Gasteiger partial charge < -0.3 is 5.32 Å². The van der Waals surface area contributed by atoms with E-state index in [0.717, 1.165) is 20.8 Å². The minimum absolute atomic E-state index is 0.0623. The molecule has 112 valence electrons. The second-order valence-electron chi connectivity index (χ2n) is 4.77. The van der Waals surface area contributed by atoms with Crippen LogP contribution < -0.4 is 5.32 Å². The lowest BCUT2D eigenvalue weighted by molar-refractivity contribution is 1.37. The predicted molar refractivity (Wildman–Crippen MR) is 92.5 cm³/mol. The van der Waals surface area contributed by atoms with Gasteiger partial charge in [-0.1, -0.05) is 12.1 Å². The number of hydrogen-bond donors (Lipinski definition) is 1. The molecule has 0 spiro atoms. The Hall–Kier alpha value is -3.66. The lowest BCUT2D eigenvalue weighted by Gasteiger charge is -2.05. The lowest BCUT2D eigenvalue weighted by Crippen LogP contribution is -2.00. The Morgan fingerprint density at radius 1 is 0.917 bits per heavy atom. The highest BCUT2D eigenvalue weighted by Crippen LogP contribution is 2.30. The fourth-order valence-corrected chi connectivity index (χ4v) is 3.09. The first kappa shape index (κ1) is 15.2. The van der Waals surface area contributed by atoms with E-state index in [1.807, 2.05) is 42.5 Å². The molecule has 0 bridgehead atoms. The van der Waals surface area contributed by atoms with Crippen molar-refractivity contribution < 1.29 is 0 Å². The SMILES string of the molecule is N#CC(C#N)=C(C#N)Nc1ccc(-c2nc3ccccc3s2)cc1. The standard InChI is InChI=1S/C18H9N5S/c19-9-13(10-20)16(11-21)22-14-7-5-12(6-8-14)18-23-15-3-1-2-4-17(15)24-18/h1-8,22H. The van der Waals surface area contributed by atoms with E-state index < -0.39 is 0 Å². The van der Waals surface area contributed by atoms with Crippen LogP contribution in [0.2, 0.25) is 0 Å². The summed E-state index contributed by atoms with van der Waals surface area (Å²) in [5.74, 6) is 0. The maximum absolute atomic E-state index is 9.05. The zero-order valence-corrected chi connectivity index (χ0v) is 13.1. The minimum atomic E-state index is -0.243. The Morgan fingerprint density at radius 2 is 1.62 bits per heavy atom. The number of nitrogens with zero attached hydrogens (tertiary/aromatic N) is 4. The van der Waals surface area contributed by atoms with Crippen LogP contribution in [0, 0.1) is 34.0 Å². The Bertz CT molecular complexity index is 1010. The van der Waals surface area contributed by atoms with Gasteiger partial charge in [-0.2, -0.15) is 15.8 Å². The van der Waals surface area contributed by atoms with E-state index in [1.165, 1.54) is 0 Å². The Labute approximate surface area is 142 Å². The maximum atomic E-state index is 9.05. The number of para-hydroxylation sites is 1. The summed E-state index contributed by atoms with van der Waals surface area (Å²) in [5, 5.41) is 30.4. The number of nitriles is 3. The molecule has 1 heterocycles. The fraction of sp³-hybridized carbons (Fsp3) is 0. The van der Waals surface area contributed by atoms with Gasteiger partial charge in [-0.15, -0.1) is 11.3 Å². The van der Waals surface area contributed by atoms with Crippen LogP contribution in [0.25, 0.3) is 20.8 Å². The van der Waals surface area contributed by atoms with Crippen LogP contribution >= 0.6 is 11.3 Å². The number of fused-ring (bicyclic) bond motifs is 1. The Balaban J connectivity index is 1.89. The fourth-order valence-electron chi connectivity index (χ4n) is 2.12. The highest BCUT2D eigenvalue weighted by molar-refractivity contribution is 7.21. The second-order valence-corrected chi connectivity index (χ2v) is 5.81. The molecule has 0 atom stereocenters. The molecule has 1 N–H and O–H groups in total. The van der Waals surface area contributed by atoms with Crippen LogP contribution in [0.5, 0.6) is 0 Å². The topological polar surface area (TPSA) is 96.3 Å². The third kappa shape index (κ3) is 2.94. The summed E-state index contributed by atoms with van der Waals surface area (Å²) in [5.41, 5.74) is 2.24. The van der Waals surface area contributed by atoms with Crippen molar-refractivity contribution in [2.24, 2.45) is 0 Å². The van der Waals surface area contributed by atoms with Crippen LogP contribution in [0.3, 0.4) is 0 Å². The van der Waals surface area contributed by atoms with Crippen molar-refractivity contribution in [2.45, 2.75) is 0 Å². The van der Waals surface area contributed by atoms with Crippen molar-refractivity contribution in [3.05, 3.63) is 59.8 Å². The summed E-state index contributed by atoms with van der Waals surface area (Å²) in [6.07, 6.45) is 0. The van der Waals surface area contributed by atoms with E-state index in [9.17, 15) is 0 Å². The molecule has 0 aliphatic rings. The molecule has 0 radical (unpaired) electrons. The molecule has 0 aliphatic heterocycles. The minimum Gasteiger partial charge on any atom is -0.345 e. The van der Waals surface area contributed by atoms with Crippen molar-refractivity contribution in [1.82, 2.24) is 4.98 Å². The van der Waals surface area contributed by atoms with Gasteiger partial charge in [0.05, 0.1) is 10.2 Å². The summed E-state index contributed by atoms with van der Waals surface area (Å²) < 4.78 is 1.12. The number of rotatable bonds is 3. The molecule has 0 saturated carbocycles. The van der Waals surface area contributed by atoms with E-state index in [2.05, 4.69) is 10.3 Å². The summed E-state index contributed by atoms with van der Waals surface area (Å²) in [6.45, 7) is 0. The first-order chi connectivity index (χ1) is 11.7. The molecule has 0 unspecified atom stereocenters. The number of hydrogen-bond acceptors (Lipinski definition) is 6. The van der Waals surface area contributed by atoms with Crippen LogP contribution in [-0.2, 0) is 0 Å². The van der Waals surface area contributed by atoms with Crippen molar-refractivity contribution in [2.75, 3.05) is 5.32 Å². The number of aromatic nitrogens is 1. The molecule has 1 aromatic heterocycles. The maximum Gasteiger partial charge on any atom is 0.163 e. The molecule has 6 heteroatoms. The molecular weight excluding hydrogens is 318 g/mol. The highest BCUT2D eigenvalue weighted by Gasteiger charge is 2.08. The Kier molecular flexibility index (Phi) is 4.21. The lowest BCUT2D eigenvalue weighted by atomic mass is 10.2. The molecule has 0 fully saturated rings. The highest BCUT2D eigenvalue weighted by atomic mass is 32.1. The van der Waals surface area contributed by atoms with Crippen LogP contribution in [0.15, 0.2) is 59.8 Å². The third-order valence-corrected chi connectivity index (χ3v) is 4.37. The third-order valence-electron chi connectivity index (χ3n) is 3.28. The molecule has 2 aromatic carbocycles. The van der Waals surface area contributed by atoms with E-state index in [0.29, 0.717) is 5.69 Å². The summed E-state index contributed by atoms with van der Waals surface area (Å²) in [6, 6.07) is 20.5. The smallest absolute Gasteiger partial charge is 0.163 e. The molecule has 5 nitrogen and oxygen atoms in total. The largest absolute Gasteiger partial charge is 0.345 e. The molecule has 24 heavy (non-hydrogen) atoms. The number of nitrogens with one attached hydrogen (secondary N) is 1. The van der Waals surface area contributed by atoms with Gasteiger partial charge in [-0.3, -0.25) is 0 Å². The number of benzene rings is 2. The van der Waals surface area contributed by atoms with Crippen molar-refractivity contribution >= 4 is 27.2 Å².